The van der Waals surface area contributed by atoms with E-state index in [1.54, 1.807) is 35.5 Å². The van der Waals surface area contributed by atoms with Crippen LogP contribution in [-0.4, -0.2) is 77.5 Å². The van der Waals surface area contributed by atoms with Gasteiger partial charge in [0.05, 0.1) is 19.4 Å². The van der Waals surface area contributed by atoms with Crippen LogP contribution in [0, 0.1) is 0 Å². The highest BCUT2D eigenvalue weighted by atomic mass is 28.4. The Morgan fingerprint density at radius 2 is 1.11 bits per heavy atom. The first-order chi connectivity index (χ1) is 13.5. The molecule has 0 aliphatic carbocycles. The fourth-order valence-corrected chi connectivity index (χ4v) is 6.06. The Kier molecular flexibility index (Phi) is 11.9. The second-order valence-corrected chi connectivity index (χ2v) is 12.7. The Labute approximate surface area is 170 Å². The summed E-state index contributed by atoms with van der Waals surface area (Å²) in [6.07, 6.45) is 1.46. The van der Waals surface area contributed by atoms with Crippen molar-refractivity contribution in [1.29, 1.82) is 0 Å². The van der Waals surface area contributed by atoms with E-state index in [4.69, 9.17) is 31.6 Å². The van der Waals surface area contributed by atoms with E-state index < -0.39 is 17.4 Å². The van der Waals surface area contributed by atoms with Crippen molar-refractivity contribution in [3.8, 4) is 11.5 Å². The lowest BCUT2D eigenvalue weighted by Crippen LogP contribution is -2.44. The zero-order valence-electron chi connectivity index (χ0n) is 17.6. The maximum Gasteiger partial charge on any atom is 0.500 e. The second kappa shape index (κ2) is 13.3. The van der Waals surface area contributed by atoms with Crippen molar-refractivity contribution in [2.24, 2.45) is 0 Å². The molecule has 0 atom stereocenters. The third-order valence-corrected chi connectivity index (χ3v) is 10.5. The third kappa shape index (κ3) is 7.80. The van der Waals surface area contributed by atoms with E-state index in [0.29, 0.717) is 25.3 Å². The van der Waals surface area contributed by atoms with Crippen LogP contribution >= 0.6 is 0 Å². The number of hydrogen-bond acceptors (Lipinski definition) is 8. The molecule has 162 valence electrons. The van der Waals surface area contributed by atoms with Crippen LogP contribution in [0.2, 0.25) is 12.1 Å². The average Bonchev–Trinajstić information content (AvgIpc) is 2.76. The predicted octanol–water partition coefficient (Wildman–Crippen LogP) is 2.37. The normalized spacial score (nSPS) is 12.2. The molecule has 0 saturated heterocycles. The summed E-state index contributed by atoms with van der Waals surface area (Å²) in [5.41, 5.74) is 0. The summed E-state index contributed by atoms with van der Waals surface area (Å²) in [6, 6.07) is 8.86. The number of ether oxygens (including phenoxy) is 2. The first-order valence-corrected chi connectivity index (χ1v) is 13.4. The van der Waals surface area contributed by atoms with Crippen LogP contribution in [0.25, 0.3) is 0 Å². The summed E-state index contributed by atoms with van der Waals surface area (Å²) < 4.78 is 38.4. The van der Waals surface area contributed by atoms with E-state index in [0.717, 1.165) is 24.3 Å². The van der Waals surface area contributed by atoms with Crippen LogP contribution in [0.1, 0.15) is 12.8 Å². The van der Waals surface area contributed by atoms with E-state index >= 15 is 0 Å². The van der Waals surface area contributed by atoms with Gasteiger partial charge in [0.1, 0.15) is 11.5 Å². The van der Waals surface area contributed by atoms with Crippen LogP contribution in [0.15, 0.2) is 24.3 Å². The highest BCUT2D eigenvalue weighted by Gasteiger charge is 2.37. The summed E-state index contributed by atoms with van der Waals surface area (Å²) >= 11 is 0. The molecule has 8 nitrogen and oxygen atoms in total. The SMILES string of the molecule is CO[Si](CO)(CCCOc1ccc(OCCC[Si](OC)(OC)OC)cc1)OC. The molecule has 0 saturated carbocycles. The van der Waals surface area contributed by atoms with Gasteiger partial charge in [-0.2, -0.15) is 0 Å². The van der Waals surface area contributed by atoms with Crippen molar-refractivity contribution in [3.05, 3.63) is 24.3 Å². The minimum Gasteiger partial charge on any atom is -0.494 e. The van der Waals surface area contributed by atoms with E-state index in [9.17, 15) is 5.11 Å². The van der Waals surface area contributed by atoms with Crippen molar-refractivity contribution in [2.45, 2.75) is 24.9 Å². The Hall–Kier alpha value is -0.986. The van der Waals surface area contributed by atoms with Crippen LogP contribution in [0.4, 0.5) is 0 Å². The van der Waals surface area contributed by atoms with Gasteiger partial charge in [0.15, 0.2) is 0 Å². The topological polar surface area (TPSA) is 84.8 Å². The third-order valence-electron chi connectivity index (χ3n) is 4.61. The number of benzene rings is 1. The van der Waals surface area contributed by atoms with E-state index in [2.05, 4.69) is 0 Å². The lowest BCUT2D eigenvalue weighted by molar-refractivity contribution is 0.121. The van der Waals surface area contributed by atoms with Gasteiger partial charge >= 0.3 is 17.4 Å². The zero-order valence-corrected chi connectivity index (χ0v) is 19.6. The molecule has 0 amide bonds. The van der Waals surface area contributed by atoms with Crippen LogP contribution in [0.5, 0.6) is 11.5 Å². The van der Waals surface area contributed by atoms with Crippen LogP contribution in [0.3, 0.4) is 0 Å². The zero-order chi connectivity index (χ0) is 20.9. The highest BCUT2D eigenvalue weighted by Crippen LogP contribution is 2.20. The van der Waals surface area contributed by atoms with Crippen molar-refractivity contribution in [2.75, 3.05) is 55.0 Å². The van der Waals surface area contributed by atoms with Crippen molar-refractivity contribution in [3.63, 3.8) is 0 Å². The van der Waals surface area contributed by atoms with Gasteiger partial charge in [-0.05, 0) is 43.2 Å². The van der Waals surface area contributed by atoms with E-state index in [-0.39, 0.29) is 6.23 Å². The largest absolute Gasteiger partial charge is 0.500 e. The van der Waals surface area contributed by atoms with Crippen LogP contribution in [-0.2, 0) is 22.1 Å². The molecule has 0 aliphatic heterocycles. The monoisotopic (exact) mass is 434 g/mol. The Morgan fingerprint density at radius 1 is 0.679 bits per heavy atom. The summed E-state index contributed by atoms with van der Waals surface area (Å²) in [4.78, 5) is 0. The maximum absolute atomic E-state index is 9.44. The van der Waals surface area contributed by atoms with Crippen molar-refractivity contribution < 1.29 is 36.7 Å². The Morgan fingerprint density at radius 3 is 1.46 bits per heavy atom. The molecule has 0 heterocycles. The molecular weight excluding hydrogens is 400 g/mol. The van der Waals surface area contributed by atoms with Gasteiger partial charge in [-0.3, -0.25) is 0 Å². The molecule has 0 spiro atoms. The minimum atomic E-state index is -2.54. The lowest BCUT2D eigenvalue weighted by atomic mass is 10.3. The summed E-state index contributed by atoms with van der Waals surface area (Å²) in [7, 11) is 2.96. The quantitative estimate of drug-likeness (QED) is 0.314. The molecular formula is C18H34O8Si2. The molecule has 0 unspecified atom stereocenters. The first kappa shape index (κ1) is 25.1. The number of aliphatic hydroxyl groups excluding tert-OH is 1. The van der Waals surface area contributed by atoms with Gasteiger partial charge in [0.25, 0.3) is 0 Å². The predicted molar refractivity (Wildman–Crippen MR) is 110 cm³/mol. The molecule has 1 aromatic carbocycles. The van der Waals surface area contributed by atoms with Crippen molar-refractivity contribution in [1.82, 2.24) is 0 Å². The van der Waals surface area contributed by atoms with Gasteiger partial charge < -0.3 is 36.7 Å². The average molecular weight is 435 g/mol. The number of rotatable bonds is 16. The summed E-state index contributed by atoms with van der Waals surface area (Å²) in [6.45, 7) is 1.08. The van der Waals surface area contributed by atoms with Gasteiger partial charge in [0.2, 0.25) is 0 Å². The standard InChI is InChI=1S/C18H34O8Si2/c1-20-27(16-19,21-2)14-6-12-25-17-8-10-18(11-9-17)26-13-7-15-28(22-3,23-4)24-5/h8-11,19H,6-7,12-16H2,1-5H3. The molecule has 0 fully saturated rings. The fraction of sp³-hybridized carbons (Fsp3) is 0.667. The number of hydrogen-bond donors (Lipinski definition) is 1. The Bertz CT molecular complexity index is 457. The molecule has 28 heavy (non-hydrogen) atoms. The van der Waals surface area contributed by atoms with Crippen molar-refractivity contribution >= 4 is 17.4 Å². The van der Waals surface area contributed by atoms with Gasteiger partial charge in [-0.25, -0.2) is 0 Å². The molecule has 0 bridgehead atoms. The van der Waals surface area contributed by atoms with Crippen LogP contribution < -0.4 is 9.47 Å². The maximum atomic E-state index is 9.44. The fourth-order valence-electron chi connectivity index (χ4n) is 2.69. The summed E-state index contributed by atoms with van der Waals surface area (Å²) in [5, 5.41) is 9.44. The molecule has 10 heteroatoms. The van der Waals surface area contributed by atoms with E-state index in [1.807, 2.05) is 24.3 Å². The minimum absolute atomic E-state index is 0.0607. The highest BCUT2D eigenvalue weighted by molar-refractivity contribution is 6.67. The van der Waals surface area contributed by atoms with Gasteiger partial charge in [0, 0.05) is 41.6 Å². The second-order valence-electron chi connectivity index (χ2n) is 6.15. The molecule has 1 aromatic rings. The Balaban J connectivity index is 2.32. The number of aliphatic hydroxyl groups is 1. The van der Waals surface area contributed by atoms with Gasteiger partial charge in [-0.15, -0.1) is 0 Å². The molecule has 1 rings (SSSR count). The summed E-state index contributed by atoms with van der Waals surface area (Å²) in [5.74, 6) is 1.54. The molecule has 0 aromatic heterocycles. The molecule has 0 aliphatic rings. The first-order valence-electron chi connectivity index (χ1n) is 9.25. The lowest BCUT2D eigenvalue weighted by Gasteiger charge is -2.24. The molecule has 0 radical (unpaired) electrons. The molecule has 1 N–H and O–H groups in total. The smallest absolute Gasteiger partial charge is 0.494 e. The van der Waals surface area contributed by atoms with Gasteiger partial charge in [-0.1, -0.05) is 0 Å². The van der Waals surface area contributed by atoms with E-state index in [1.165, 1.54) is 0 Å².